The zero-order valence-electron chi connectivity index (χ0n) is 10.9. The van der Waals surface area contributed by atoms with Gasteiger partial charge >= 0.3 is 0 Å². The molecule has 0 aliphatic heterocycles. The number of benzene rings is 2. The lowest BCUT2D eigenvalue weighted by atomic mass is 9.95. The van der Waals surface area contributed by atoms with Crippen LogP contribution in [0.4, 0.5) is 4.39 Å². The van der Waals surface area contributed by atoms with E-state index in [4.69, 9.17) is 5.73 Å². The molecule has 0 aliphatic rings. The van der Waals surface area contributed by atoms with E-state index in [1.807, 2.05) is 37.3 Å². The number of nitrogens with two attached hydrogens (primary N) is 1. The van der Waals surface area contributed by atoms with Gasteiger partial charge in [0.05, 0.1) is 6.10 Å². The van der Waals surface area contributed by atoms with Crippen LogP contribution in [-0.2, 0) is 6.42 Å². The summed E-state index contributed by atoms with van der Waals surface area (Å²) in [7, 11) is 0. The van der Waals surface area contributed by atoms with Crippen molar-refractivity contribution in [3.8, 4) is 0 Å². The van der Waals surface area contributed by atoms with E-state index < -0.39 is 18.0 Å². The second-order valence-corrected chi connectivity index (χ2v) is 4.82. The Morgan fingerprint density at radius 2 is 1.84 bits per heavy atom. The molecule has 2 unspecified atom stereocenters. The zero-order valence-corrected chi connectivity index (χ0v) is 10.9. The maximum Gasteiger partial charge on any atom is 0.129 e. The molecule has 0 amide bonds. The summed E-state index contributed by atoms with van der Waals surface area (Å²) >= 11 is 0. The van der Waals surface area contributed by atoms with Gasteiger partial charge in [-0.1, -0.05) is 48.0 Å². The highest BCUT2D eigenvalue weighted by Gasteiger charge is 2.20. The number of aliphatic hydroxyl groups excluding tert-OH is 1. The minimum atomic E-state index is -1.000. The first-order chi connectivity index (χ1) is 9.08. The van der Waals surface area contributed by atoms with Crippen LogP contribution in [0.25, 0.3) is 0 Å². The van der Waals surface area contributed by atoms with E-state index in [1.54, 1.807) is 12.1 Å². The van der Waals surface area contributed by atoms with Gasteiger partial charge in [0, 0.05) is 11.6 Å². The molecule has 0 radical (unpaired) electrons. The first-order valence-electron chi connectivity index (χ1n) is 6.31. The van der Waals surface area contributed by atoms with Crippen LogP contribution in [-0.4, -0.2) is 11.1 Å². The van der Waals surface area contributed by atoms with Crippen molar-refractivity contribution >= 4 is 0 Å². The number of hydrogen-bond donors (Lipinski definition) is 2. The topological polar surface area (TPSA) is 46.2 Å². The summed E-state index contributed by atoms with van der Waals surface area (Å²) in [6.07, 6.45) is -0.491. The van der Waals surface area contributed by atoms with Gasteiger partial charge in [-0.15, -0.1) is 0 Å². The van der Waals surface area contributed by atoms with Gasteiger partial charge in [0.2, 0.25) is 0 Å². The Hall–Kier alpha value is -1.71. The van der Waals surface area contributed by atoms with Gasteiger partial charge in [-0.05, 0) is 25.0 Å². The number of aliphatic hydroxyl groups is 1. The monoisotopic (exact) mass is 259 g/mol. The van der Waals surface area contributed by atoms with E-state index in [0.717, 1.165) is 11.1 Å². The standard InChI is InChI=1S/C16H18FNO/c1-11-7-8-14(17)13(9-11)16(19)15(18)10-12-5-3-2-4-6-12/h2-9,15-16,19H,10,18H2,1H3. The molecular weight excluding hydrogens is 241 g/mol. The van der Waals surface area contributed by atoms with E-state index in [1.165, 1.54) is 6.07 Å². The van der Waals surface area contributed by atoms with E-state index in [-0.39, 0.29) is 5.56 Å². The fraction of sp³-hybridized carbons (Fsp3) is 0.250. The van der Waals surface area contributed by atoms with Gasteiger partial charge in [0.15, 0.2) is 0 Å². The Balaban J connectivity index is 2.14. The van der Waals surface area contributed by atoms with Crippen molar-refractivity contribution in [3.63, 3.8) is 0 Å². The van der Waals surface area contributed by atoms with Gasteiger partial charge in [-0.3, -0.25) is 0 Å². The highest BCUT2D eigenvalue weighted by molar-refractivity contribution is 5.27. The molecule has 2 aromatic carbocycles. The molecule has 2 atom stereocenters. The summed E-state index contributed by atoms with van der Waals surface area (Å²) in [5.41, 5.74) is 8.19. The highest BCUT2D eigenvalue weighted by atomic mass is 19.1. The molecule has 3 heteroatoms. The van der Waals surface area contributed by atoms with Gasteiger partial charge in [-0.25, -0.2) is 4.39 Å². The Labute approximate surface area is 112 Å². The van der Waals surface area contributed by atoms with Crippen molar-refractivity contribution in [1.82, 2.24) is 0 Å². The van der Waals surface area contributed by atoms with Gasteiger partial charge in [0.1, 0.15) is 5.82 Å². The van der Waals surface area contributed by atoms with E-state index in [9.17, 15) is 9.50 Å². The third-order valence-electron chi connectivity index (χ3n) is 3.19. The van der Waals surface area contributed by atoms with Crippen LogP contribution in [0, 0.1) is 12.7 Å². The third kappa shape index (κ3) is 3.40. The number of halogens is 1. The van der Waals surface area contributed by atoms with Crippen molar-refractivity contribution in [2.75, 3.05) is 0 Å². The summed E-state index contributed by atoms with van der Waals surface area (Å²) in [5.74, 6) is -0.415. The molecule has 2 rings (SSSR count). The first-order valence-corrected chi connectivity index (χ1v) is 6.31. The Morgan fingerprint density at radius 3 is 2.53 bits per heavy atom. The molecule has 0 fully saturated rings. The minimum Gasteiger partial charge on any atom is -0.387 e. The van der Waals surface area contributed by atoms with Crippen LogP contribution < -0.4 is 5.73 Å². The van der Waals surface area contributed by atoms with Crippen LogP contribution in [0.1, 0.15) is 22.8 Å². The molecule has 0 heterocycles. The van der Waals surface area contributed by atoms with Crippen molar-refractivity contribution in [1.29, 1.82) is 0 Å². The van der Waals surface area contributed by atoms with Crippen LogP contribution in [0.5, 0.6) is 0 Å². The lowest BCUT2D eigenvalue weighted by Gasteiger charge is -2.20. The largest absolute Gasteiger partial charge is 0.387 e. The molecule has 0 aromatic heterocycles. The Bertz CT molecular complexity index is 542. The predicted molar refractivity (Wildman–Crippen MR) is 74.2 cm³/mol. The lowest BCUT2D eigenvalue weighted by Crippen LogP contribution is -2.31. The minimum absolute atomic E-state index is 0.267. The molecular formula is C16H18FNO. The smallest absolute Gasteiger partial charge is 0.129 e. The summed E-state index contributed by atoms with van der Waals surface area (Å²) in [4.78, 5) is 0. The average Bonchev–Trinajstić information content (AvgIpc) is 2.42. The SMILES string of the molecule is Cc1ccc(F)c(C(O)C(N)Cc2ccccc2)c1. The number of rotatable bonds is 4. The molecule has 0 spiro atoms. The molecule has 0 aliphatic carbocycles. The van der Waals surface area contributed by atoms with E-state index in [2.05, 4.69) is 0 Å². The highest BCUT2D eigenvalue weighted by Crippen LogP contribution is 2.22. The summed E-state index contributed by atoms with van der Waals surface area (Å²) in [6, 6.07) is 13.8. The predicted octanol–water partition coefficient (Wildman–Crippen LogP) is 2.74. The van der Waals surface area contributed by atoms with Crippen molar-refractivity contribution in [2.45, 2.75) is 25.5 Å². The van der Waals surface area contributed by atoms with Gasteiger partial charge in [-0.2, -0.15) is 0 Å². The third-order valence-corrected chi connectivity index (χ3v) is 3.19. The molecule has 0 saturated heterocycles. The molecule has 2 nitrogen and oxygen atoms in total. The summed E-state index contributed by atoms with van der Waals surface area (Å²) in [5, 5.41) is 10.2. The lowest BCUT2D eigenvalue weighted by molar-refractivity contribution is 0.142. The van der Waals surface area contributed by atoms with Crippen molar-refractivity contribution in [2.24, 2.45) is 5.73 Å². The average molecular weight is 259 g/mol. The second-order valence-electron chi connectivity index (χ2n) is 4.82. The quantitative estimate of drug-likeness (QED) is 0.887. The fourth-order valence-electron chi connectivity index (χ4n) is 2.12. The fourth-order valence-corrected chi connectivity index (χ4v) is 2.12. The van der Waals surface area contributed by atoms with Crippen LogP contribution >= 0.6 is 0 Å². The Kier molecular flexibility index (Phi) is 4.30. The molecule has 0 bridgehead atoms. The molecule has 0 saturated carbocycles. The van der Waals surface area contributed by atoms with E-state index in [0.29, 0.717) is 6.42 Å². The maximum absolute atomic E-state index is 13.7. The number of aryl methyl sites for hydroxylation is 1. The normalized spacial score (nSPS) is 14.1. The summed E-state index contributed by atoms with van der Waals surface area (Å²) in [6.45, 7) is 1.86. The Morgan fingerprint density at radius 1 is 1.16 bits per heavy atom. The van der Waals surface area contributed by atoms with Gasteiger partial charge < -0.3 is 10.8 Å². The molecule has 2 aromatic rings. The van der Waals surface area contributed by atoms with Crippen molar-refractivity contribution < 1.29 is 9.50 Å². The van der Waals surface area contributed by atoms with Crippen LogP contribution in [0.15, 0.2) is 48.5 Å². The van der Waals surface area contributed by atoms with Crippen molar-refractivity contribution in [3.05, 3.63) is 71.0 Å². The van der Waals surface area contributed by atoms with Crippen LogP contribution in [0.2, 0.25) is 0 Å². The van der Waals surface area contributed by atoms with Crippen LogP contribution in [0.3, 0.4) is 0 Å². The van der Waals surface area contributed by atoms with E-state index >= 15 is 0 Å². The summed E-state index contributed by atoms with van der Waals surface area (Å²) < 4.78 is 13.7. The second kappa shape index (κ2) is 5.95. The number of hydrogen-bond acceptors (Lipinski definition) is 2. The van der Waals surface area contributed by atoms with Gasteiger partial charge in [0.25, 0.3) is 0 Å². The molecule has 3 N–H and O–H groups in total. The maximum atomic E-state index is 13.7. The zero-order chi connectivity index (χ0) is 13.8. The first kappa shape index (κ1) is 13.7. The molecule has 100 valence electrons. The molecule has 19 heavy (non-hydrogen) atoms.